The predicted octanol–water partition coefficient (Wildman–Crippen LogP) is -0.283. The number of hydrazine groups is 1. The van der Waals surface area contributed by atoms with Gasteiger partial charge in [-0.25, -0.2) is 8.42 Å². The molecule has 0 heterocycles. The molecule has 0 unspecified atom stereocenters. The van der Waals surface area contributed by atoms with E-state index in [2.05, 4.69) is 10.2 Å². The lowest BCUT2D eigenvalue weighted by atomic mass is 10.2. The van der Waals surface area contributed by atoms with Gasteiger partial charge in [0.1, 0.15) is 0 Å². The molecule has 0 aliphatic rings. The van der Waals surface area contributed by atoms with Crippen LogP contribution in [0.2, 0.25) is 0 Å². The van der Waals surface area contributed by atoms with Crippen LogP contribution in [0.4, 0.5) is 0 Å². The van der Waals surface area contributed by atoms with Crippen molar-refractivity contribution in [2.75, 3.05) is 6.26 Å². The summed E-state index contributed by atoms with van der Waals surface area (Å²) in [5.41, 5.74) is 11.5. The second-order valence-electron chi connectivity index (χ2n) is 2.81. The lowest BCUT2D eigenvalue weighted by molar-refractivity contribution is -0.00976. The number of hydrogen-bond acceptors (Lipinski definition) is 2. The lowest BCUT2D eigenvalue weighted by Gasteiger charge is -1.99. The van der Waals surface area contributed by atoms with E-state index < -0.39 is 10.0 Å². The highest BCUT2D eigenvalue weighted by Gasteiger charge is 2.12. The molecule has 0 atom stereocenters. The average Bonchev–Trinajstić information content (AvgIpc) is 2.19. The Morgan fingerprint density at radius 3 is 2.40 bits per heavy atom. The number of sulfonamides is 1. The molecule has 0 radical (unpaired) electrons. The van der Waals surface area contributed by atoms with E-state index in [-0.39, 0.29) is 5.84 Å². The van der Waals surface area contributed by atoms with Crippen LogP contribution in [0.3, 0.4) is 0 Å². The van der Waals surface area contributed by atoms with Gasteiger partial charge in [-0.3, -0.25) is 0 Å². The zero-order valence-corrected chi connectivity index (χ0v) is 8.82. The van der Waals surface area contributed by atoms with Crippen molar-refractivity contribution in [2.45, 2.75) is 0 Å². The van der Waals surface area contributed by atoms with E-state index in [0.29, 0.717) is 5.56 Å². The van der Waals surface area contributed by atoms with Crippen LogP contribution >= 0.6 is 0 Å². The van der Waals surface area contributed by atoms with Crippen molar-refractivity contribution in [1.29, 1.82) is 0 Å². The molecule has 0 saturated heterocycles. The maximum absolute atomic E-state index is 10.8. The van der Waals surface area contributed by atoms with E-state index in [1.165, 1.54) is 0 Å². The van der Waals surface area contributed by atoms with Crippen LogP contribution < -0.4 is 10.3 Å². The van der Waals surface area contributed by atoms with Gasteiger partial charge in [0.05, 0.1) is 11.8 Å². The van der Waals surface area contributed by atoms with Crippen molar-refractivity contribution in [3.63, 3.8) is 0 Å². The van der Waals surface area contributed by atoms with Crippen molar-refractivity contribution in [3.8, 4) is 0 Å². The van der Waals surface area contributed by atoms with Crippen molar-refractivity contribution < 1.29 is 13.2 Å². The molecule has 6 nitrogen and oxygen atoms in total. The Hall–Kier alpha value is -1.69. The van der Waals surface area contributed by atoms with Crippen LogP contribution in [0.15, 0.2) is 30.3 Å². The highest BCUT2D eigenvalue weighted by molar-refractivity contribution is 7.88. The molecule has 1 rings (SSSR count). The largest absolute Gasteiger partial charge is 0.497 e. The quantitative estimate of drug-likeness (QED) is 0.244. The second kappa shape index (κ2) is 4.70. The number of benzene rings is 1. The molecular weight excluding hydrogens is 216 g/mol. The first-order chi connectivity index (χ1) is 7.03. The molecule has 0 spiro atoms. The first-order valence-corrected chi connectivity index (χ1v) is 5.92. The molecule has 1 aromatic rings. The Balaban J connectivity index is 2.81. The summed E-state index contributed by atoms with van der Waals surface area (Å²) in [7, 11) is -3.39. The topological polar surface area (TPSA) is 94.6 Å². The minimum absolute atomic E-state index is 0.0287. The van der Waals surface area contributed by atoms with Crippen LogP contribution in [0.1, 0.15) is 5.56 Å². The number of nitrogens with one attached hydrogen (secondary N) is 2. The molecule has 2 N–H and O–H groups in total. The van der Waals surface area contributed by atoms with Crippen LogP contribution in [-0.4, -0.2) is 25.3 Å². The summed E-state index contributed by atoms with van der Waals surface area (Å²) >= 11 is 0. The average molecular weight is 226 g/mol. The fourth-order valence-corrected chi connectivity index (χ4v) is 1.17. The molecule has 7 heteroatoms. The maximum atomic E-state index is 10.8. The first-order valence-electron chi connectivity index (χ1n) is 4.03. The Kier molecular flexibility index (Phi) is 3.56. The van der Waals surface area contributed by atoms with Crippen molar-refractivity contribution >= 4 is 15.9 Å². The van der Waals surface area contributed by atoms with Gasteiger partial charge in [-0.15, -0.1) is 0 Å². The van der Waals surface area contributed by atoms with E-state index in [4.69, 9.17) is 5.53 Å². The smallest absolute Gasteiger partial charge is 0.378 e. The summed E-state index contributed by atoms with van der Waals surface area (Å²) in [5, 5.41) is 0. The SMILES string of the molecule is CS(=O)(=O)NNC(=[N+]=[N-])c1ccccc1. The van der Waals surface area contributed by atoms with E-state index >= 15 is 0 Å². The Morgan fingerprint density at radius 2 is 1.93 bits per heavy atom. The number of hydrogen-bond donors (Lipinski definition) is 2. The van der Waals surface area contributed by atoms with Crippen LogP contribution in [-0.2, 0) is 10.0 Å². The molecule has 0 amide bonds. The van der Waals surface area contributed by atoms with E-state index in [1.807, 2.05) is 4.83 Å². The van der Waals surface area contributed by atoms with Gasteiger partial charge in [-0.05, 0) is 12.1 Å². The third-order valence-corrected chi connectivity index (χ3v) is 1.97. The number of rotatable bonds is 3. The van der Waals surface area contributed by atoms with Crippen LogP contribution in [0, 0.1) is 0 Å². The molecule has 0 fully saturated rings. The fourth-order valence-electron chi connectivity index (χ4n) is 0.892. The van der Waals surface area contributed by atoms with Crippen molar-refractivity contribution in [2.24, 2.45) is 0 Å². The van der Waals surface area contributed by atoms with Crippen LogP contribution in [0.25, 0.3) is 5.53 Å². The minimum Gasteiger partial charge on any atom is -0.497 e. The maximum Gasteiger partial charge on any atom is 0.378 e. The predicted molar refractivity (Wildman–Crippen MR) is 55.3 cm³/mol. The zero-order chi connectivity index (χ0) is 11.3. The van der Waals surface area contributed by atoms with Gasteiger partial charge in [-0.1, -0.05) is 23.0 Å². The van der Waals surface area contributed by atoms with Crippen molar-refractivity contribution in [1.82, 2.24) is 10.3 Å². The monoisotopic (exact) mass is 226 g/mol. The normalized spacial score (nSPS) is 10.5. The molecule has 1 aromatic carbocycles. The first kappa shape index (κ1) is 11.4. The highest BCUT2D eigenvalue weighted by atomic mass is 32.2. The summed E-state index contributed by atoms with van der Waals surface area (Å²) in [6.45, 7) is 0. The third kappa shape index (κ3) is 3.90. The molecule has 0 aliphatic heterocycles. The molecular formula is C8H10N4O2S. The Bertz CT molecular complexity index is 477. The second-order valence-corrected chi connectivity index (χ2v) is 4.56. The summed E-state index contributed by atoms with van der Waals surface area (Å²) in [5.74, 6) is 0.0287. The van der Waals surface area contributed by atoms with E-state index in [9.17, 15) is 8.42 Å². The van der Waals surface area contributed by atoms with Crippen LogP contribution in [0.5, 0.6) is 0 Å². The number of amidine groups is 1. The van der Waals surface area contributed by atoms with Gasteiger partial charge in [0.25, 0.3) is 0 Å². The highest BCUT2D eigenvalue weighted by Crippen LogP contribution is 1.96. The molecule has 0 aliphatic carbocycles. The van der Waals surface area contributed by atoms with E-state index in [1.54, 1.807) is 30.3 Å². The molecule has 80 valence electrons. The summed E-state index contributed by atoms with van der Waals surface area (Å²) < 4.78 is 21.5. The van der Waals surface area contributed by atoms with Gasteiger partial charge >= 0.3 is 5.84 Å². The third-order valence-electron chi connectivity index (χ3n) is 1.50. The van der Waals surface area contributed by atoms with Gasteiger partial charge in [0.2, 0.25) is 10.0 Å². The zero-order valence-electron chi connectivity index (χ0n) is 8.01. The Morgan fingerprint density at radius 1 is 1.33 bits per heavy atom. The molecule has 0 aromatic heterocycles. The minimum atomic E-state index is -3.39. The van der Waals surface area contributed by atoms with Crippen molar-refractivity contribution in [3.05, 3.63) is 41.4 Å². The van der Waals surface area contributed by atoms with Gasteiger partial charge < -0.3 is 10.3 Å². The van der Waals surface area contributed by atoms with Gasteiger partial charge in [0, 0.05) is 0 Å². The molecule has 0 bridgehead atoms. The standard InChI is InChI=1S/C8H10N4O2S/c1-15(13,14)12-11-8(10-9)7-5-3-2-4-6-7/h2-6,11-12H,1H3. The van der Waals surface area contributed by atoms with Gasteiger partial charge in [0.15, 0.2) is 0 Å². The summed E-state index contributed by atoms with van der Waals surface area (Å²) in [6, 6.07) is 8.62. The fraction of sp³-hybridized carbons (Fsp3) is 0.125. The summed E-state index contributed by atoms with van der Waals surface area (Å²) in [6.07, 6.45) is 0.986. The Labute approximate surface area is 87.6 Å². The molecule has 0 saturated carbocycles. The number of nitrogens with zero attached hydrogens (tertiary/aromatic N) is 2. The summed E-state index contributed by atoms with van der Waals surface area (Å²) in [4.78, 5) is 4.94. The van der Waals surface area contributed by atoms with E-state index in [0.717, 1.165) is 6.26 Å². The van der Waals surface area contributed by atoms with Gasteiger partial charge in [-0.2, -0.15) is 5.43 Å². The molecule has 15 heavy (non-hydrogen) atoms. The lowest BCUT2D eigenvalue weighted by Crippen LogP contribution is -2.41.